The molecule has 0 bridgehead atoms. The van der Waals surface area contributed by atoms with E-state index >= 15 is 0 Å². The van der Waals surface area contributed by atoms with Crippen LogP contribution in [-0.2, 0) is 0 Å². The third-order valence-corrected chi connectivity index (χ3v) is 5.12. The molecule has 32 heavy (non-hydrogen) atoms. The van der Waals surface area contributed by atoms with Crippen LogP contribution >= 0.6 is 0 Å². The van der Waals surface area contributed by atoms with Crippen LogP contribution in [-0.4, -0.2) is 17.3 Å². The molecular weight excluding hydrogens is 396 g/mol. The van der Waals surface area contributed by atoms with Crippen LogP contribution in [0.4, 0.5) is 0 Å². The van der Waals surface area contributed by atoms with Crippen LogP contribution in [0.1, 0.15) is 47.8 Å². The van der Waals surface area contributed by atoms with Crippen molar-refractivity contribution in [1.82, 2.24) is 0 Å². The Labute approximate surface area is 186 Å². The van der Waals surface area contributed by atoms with Crippen LogP contribution in [0.2, 0.25) is 0 Å². The van der Waals surface area contributed by atoms with Gasteiger partial charge >= 0.3 is 0 Å². The van der Waals surface area contributed by atoms with E-state index in [1.54, 1.807) is 54.6 Å². The summed E-state index contributed by atoms with van der Waals surface area (Å²) in [6.07, 6.45) is 3.43. The van der Waals surface area contributed by atoms with E-state index < -0.39 is 0 Å². The lowest BCUT2D eigenvalue weighted by atomic mass is 9.84. The van der Waals surface area contributed by atoms with Crippen molar-refractivity contribution >= 4 is 23.4 Å². The van der Waals surface area contributed by atoms with Crippen LogP contribution in [0, 0.1) is 0 Å². The molecule has 1 aliphatic rings. The molecule has 0 heterocycles. The molecule has 0 saturated heterocycles. The number of benzene rings is 4. The lowest BCUT2D eigenvalue weighted by Crippen LogP contribution is -2.20. The predicted molar refractivity (Wildman–Crippen MR) is 126 cm³/mol. The average Bonchev–Trinajstić information content (AvgIpc) is 2.87. The molecule has 4 aromatic carbocycles. The standard InChI is InChI=1S/C15H12O.C14H8O2/c16-15(14-9-5-2-6-10-14)12-11-13-7-3-1-4-8-13;15-13-9-5-1-2-6-10(9)14(16)12-8-4-3-7-11(12)13/h1-12H;1-8H. The number of fused-ring (bicyclic) bond motifs is 2. The smallest absolute Gasteiger partial charge is 0.194 e. The molecule has 1 aliphatic carbocycles. The summed E-state index contributed by atoms with van der Waals surface area (Å²) in [7, 11) is 0. The highest BCUT2D eigenvalue weighted by atomic mass is 16.1. The molecular formula is C29H20O3. The third kappa shape index (κ3) is 4.52. The van der Waals surface area contributed by atoms with Gasteiger partial charge in [-0.2, -0.15) is 0 Å². The summed E-state index contributed by atoms with van der Waals surface area (Å²) in [5, 5.41) is 0. The molecule has 154 valence electrons. The highest BCUT2D eigenvalue weighted by molar-refractivity contribution is 6.28. The number of allylic oxidation sites excluding steroid dienone is 1. The minimum absolute atomic E-state index is 0.0319. The Morgan fingerprint density at radius 3 is 1.31 bits per heavy atom. The van der Waals surface area contributed by atoms with Gasteiger partial charge in [-0.3, -0.25) is 14.4 Å². The van der Waals surface area contributed by atoms with Crippen molar-refractivity contribution < 1.29 is 14.4 Å². The number of hydrogen-bond donors (Lipinski definition) is 0. The molecule has 4 aromatic rings. The van der Waals surface area contributed by atoms with Crippen LogP contribution in [0.15, 0.2) is 115 Å². The van der Waals surface area contributed by atoms with Crippen LogP contribution in [0.25, 0.3) is 6.08 Å². The molecule has 0 amide bonds. The van der Waals surface area contributed by atoms with Gasteiger partial charge in [-0.1, -0.05) is 115 Å². The maximum atomic E-state index is 12.1. The lowest BCUT2D eigenvalue weighted by Gasteiger charge is -2.16. The quantitative estimate of drug-likeness (QED) is 0.266. The van der Waals surface area contributed by atoms with Gasteiger partial charge < -0.3 is 0 Å². The molecule has 3 heteroatoms. The number of hydrogen-bond acceptors (Lipinski definition) is 3. The van der Waals surface area contributed by atoms with E-state index in [1.165, 1.54) is 0 Å². The van der Waals surface area contributed by atoms with Crippen molar-refractivity contribution in [3.8, 4) is 0 Å². The molecule has 3 nitrogen and oxygen atoms in total. The number of ketones is 3. The van der Waals surface area contributed by atoms with E-state index in [9.17, 15) is 14.4 Å². The fourth-order valence-corrected chi connectivity index (χ4v) is 3.48. The fraction of sp³-hybridized carbons (Fsp3) is 0. The van der Waals surface area contributed by atoms with Gasteiger partial charge in [0.15, 0.2) is 17.3 Å². The van der Waals surface area contributed by atoms with Gasteiger partial charge in [-0.05, 0) is 11.6 Å². The van der Waals surface area contributed by atoms with Crippen LogP contribution in [0.5, 0.6) is 0 Å². The van der Waals surface area contributed by atoms with E-state index in [0.717, 1.165) is 11.1 Å². The zero-order valence-corrected chi connectivity index (χ0v) is 17.3. The monoisotopic (exact) mass is 416 g/mol. The van der Waals surface area contributed by atoms with E-state index in [1.807, 2.05) is 66.7 Å². The molecule has 0 fully saturated rings. The predicted octanol–water partition coefficient (Wildman–Crippen LogP) is 6.04. The topological polar surface area (TPSA) is 51.2 Å². The Hall–Kier alpha value is -4.37. The van der Waals surface area contributed by atoms with E-state index in [2.05, 4.69) is 0 Å². The van der Waals surface area contributed by atoms with Gasteiger partial charge in [0, 0.05) is 27.8 Å². The maximum absolute atomic E-state index is 12.1. The van der Waals surface area contributed by atoms with Gasteiger partial charge in [0.1, 0.15) is 0 Å². The summed E-state index contributed by atoms with van der Waals surface area (Å²) in [4.78, 5) is 35.9. The number of carbonyl (C=O) groups excluding carboxylic acids is 3. The Morgan fingerprint density at radius 2 is 0.875 bits per heavy atom. The molecule has 0 spiro atoms. The number of carbonyl (C=O) groups is 3. The first-order chi connectivity index (χ1) is 15.6. The maximum Gasteiger partial charge on any atom is 0.194 e. The summed E-state index contributed by atoms with van der Waals surface area (Å²) in [5.74, 6) is -0.0962. The second-order valence-corrected chi connectivity index (χ2v) is 7.22. The molecule has 0 atom stereocenters. The minimum atomic E-state index is -0.0641. The van der Waals surface area contributed by atoms with Crippen molar-refractivity contribution in [2.24, 2.45) is 0 Å². The summed E-state index contributed by atoms with van der Waals surface area (Å²) in [6.45, 7) is 0. The van der Waals surface area contributed by atoms with Crippen molar-refractivity contribution in [1.29, 1.82) is 0 Å². The van der Waals surface area contributed by atoms with E-state index in [0.29, 0.717) is 22.3 Å². The summed E-state index contributed by atoms with van der Waals surface area (Å²) in [5.41, 5.74) is 3.77. The molecule has 0 radical (unpaired) electrons. The van der Waals surface area contributed by atoms with Crippen molar-refractivity contribution in [2.75, 3.05) is 0 Å². The van der Waals surface area contributed by atoms with E-state index in [-0.39, 0.29) is 17.3 Å². The van der Waals surface area contributed by atoms with Crippen LogP contribution < -0.4 is 0 Å². The van der Waals surface area contributed by atoms with Gasteiger partial charge in [-0.15, -0.1) is 0 Å². The van der Waals surface area contributed by atoms with Gasteiger partial charge in [0.25, 0.3) is 0 Å². The highest BCUT2D eigenvalue weighted by Crippen LogP contribution is 2.26. The summed E-state index contributed by atoms with van der Waals surface area (Å²) >= 11 is 0. The zero-order chi connectivity index (χ0) is 22.3. The molecule has 0 unspecified atom stereocenters. The van der Waals surface area contributed by atoms with Crippen LogP contribution in [0.3, 0.4) is 0 Å². The Balaban J connectivity index is 0.000000153. The third-order valence-electron chi connectivity index (χ3n) is 5.12. The van der Waals surface area contributed by atoms with Crippen molar-refractivity contribution in [3.63, 3.8) is 0 Å². The summed E-state index contributed by atoms with van der Waals surface area (Å²) in [6, 6.07) is 33.0. The first kappa shape index (κ1) is 20.9. The second-order valence-electron chi connectivity index (χ2n) is 7.22. The first-order valence-electron chi connectivity index (χ1n) is 10.2. The van der Waals surface area contributed by atoms with Gasteiger partial charge in [0.2, 0.25) is 0 Å². The fourth-order valence-electron chi connectivity index (χ4n) is 3.48. The SMILES string of the molecule is O=C(C=Cc1ccccc1)c1ccccc1.O=C1c2ccccc2C(=O)c2ccccc21. The van der Waals surface area contributed by atoms with E-state index in [4.69, 9.17) is 0 Å². The molecule has 0 saturated carbocycles. The van der Waals surface area contributed by atoms with Gasteiger partial charge in [-0.25, -0.2) is 0 Å². The molecule has 0 aliphatic heterocycles. The van der Waals surface area contributed by atoms with Gasteiger partial charge in [0.05, 0.1) is 0 Å². The minimum Gasteiger partial charge on any atom is -0.289 e. The second kappa shape index (κ2) is 9.63. The summed E-state index contributed by atoms with van der Waals surface area (Å²) < 4.78 is 0. The molecule has 0 aromatic heterocycles. The highest BCUT2D eigenvalue weighted by Gasteiger charge is 2.28. The average molecular weight is 416 g/mol. The Morgan fingerprint density at radius 1 is 0.500 bits per heavy atom. The molecule has 5 rings (SSSR count). The normalized spacial score (nSPS) is 11.9. The Kier molecular flexibility index (Phi) is 6.28. The Bertz CT molecular complexity index is 1200. The first-order valence-corrected chi connectivity index (χ1v) is 10.2. The number of rotatable bonds is 3. The lowest BCUT2D eigenvalue weighted by molar-refractivity contribution is 0.0979. The van der Waals surface area contributed by atoms with Crippen molar-refractivity contribution in [3.05, 3.63) is 149 Å². The largest absolute Gasteiger partial charge is 0.289 e. The van der Waals surface area contributed by atoms with Crippen molar-refractivity contribution in [2.45, 2.75) is 0 Å². The zero-order valence-electron chi connectivity index (χ0n) is 17.3. The molecule has 0 N–H and O–H groups in total.